The third-order valence-corrected chi connectivity index (χ3v) is 1.96. The highest BCUT2D eigenvalue weighted by molar-refractivity contribution is 5.90. The molecule has 2 amide bonds. The van der Waals surface area contributed by atoms with Crippen LogP contribution in [0.3, 0.4) is 0 Å². The Kier molecular flexibility index (Phi) is 6.91. The summed E-state index contributed by atoms with van der Waals surface area (Å²) in [6.45, 7) is 2.51. The first-order valence-electron chi connectivity index (χ1n) is 5.10. The van der Waals surface area contributed by atoms with Crippen molar-refractivity contribution in [3.8, 4) is 0 Å². The summed E-state index contributed by atoms with van der Waals surface area (Å²) in [5.41, 5.74) is 8.01. The topological polar surface area (TPSA) is 133 Å². The van der Waals surface area contributed by atoms with Crippen molar-refractivity contribution in [3.05, 3.63) is 10.4 Å². The average molecular weight is 257 g/mol. The maximum Gasteiger partial charge on any atom is 0.328 e. The minimum Gasteiger partial charge on any atom is -0.467 e. The second kappa shape index (κ2) is 7.91. The van der Waals surface area contributed by atoms with Gasteiger partial charge in [0.05, 0.1) is 7.11 Å². The van der Waals surface area contributed by atoms with Gasteiger partial charge in [0.15, 0.2) is 0 Å². The van der Waals surface area contributed by atoms with Crippen molar-refractivity contribution in [2.45, 2.75) is 25.9 Å². The van der Waals surface area contributed by atoms with Gasteiger partial charge < -0.3 is 15.4 Å². The molecule has 0 fully saturated rings. The molecule has 2 N–H and O–H groups in total. The predicted octanol–water partition coefficient (Wildman–Crippen LogP) is -0.521. The number of ether oxygens (including phenoxy) is 1. The molecule has 100 valence electrons. The number of methoxy groups -OCH3 is 1. The number of nitrogens with one attached hydrogen (secondary N) is 2. The molecule has 0 unspecified atom stereocenters. The van der Waals surface area contributed by atoms with E-state index in [1.165, 1.54) is 21.0 Å². The zero-order valence-electron chi connectivity index (χ0n) is 10.3. The summed E-state index contributed by atoms with van der Waals surface area (Å²) in [5, 5.41) is 7.72. The van der Waals surface area contributed by atoms with Crippen LogP contribution in [0.25, 0.3) is 10.4 Å². The third kappa shape index (κ3) is 5.71. The number of rotatable bonds is 6. The van der Waals surface area contributed by atoms with Gasteiger partial charge in [-0.05, 0) is 19.4 Å². The molecule has 0 radical (unpaired) electrons. The summed E-state index contributed by atoms with van der Waals surface area (Å²) in [5.74, 6) is -1.71. The van der Waals surface area contributed by atoms with Gasteiger partial charge in [-0.25, -0.2) is 4.79 Å². The van der Waals surface area contributed by atoms with Gasteiger partial charge >= 0.3 is 5.97 Å². The molecule has 0 aromatic heterocycles. The van der Waals surface area contributed by atoms with Crippen molar-refractivity contribution in [1.82, 2.24) is 10.6 Å². The predicted molar refractivity (Wildman–Crippen MR) is 61.2 cm³/mol. The van der Waals surface area contributed by atoms with Crippen molar-refractivity contribution in [2.24, 2.45) is 5.11 Å². The summed E-state index contributed by atoms with van der Waals surface area (Å²) in [7, 11) is 1.20. The fourth-order valence-corrected chi connectivity index (χ4v) is 1.02. The lowest BCUT2D eigenvalue weighted by Gasteiger charge is -2.16. The Hall–Kier alpha value is -2.28. The summed E-state index contributed by atoms with van der Waals surface area (Å²) >= 11 is 0. The van der Waals surface area contributed by atoms with Crippen molar-refractivity contribution in [2.75, 3.05) is 13.7 Å². The smallest absolute Gasteiger partial charge is 0.328 e. The molecular weight excluding hydrogens is 242 g/mol. The zero-order valence-corrected chi connectivity index (χ0v) is 10.3. The molecule has 0 heterocycles. The van der Waals surface area contributed by atoms with Crippen molar-refractivity contribution in [1.29, 1.82) is 0 Å². The van der Waals surface area contributed by atoms with Crippen LogP contribution in [-0.4, -0.2) is 43.5 Å². The molecule has 0 aromatic rings. The first-order valence-corrected chi connectivity index (χ1v) is 5.10. The standard InChI is InChI=1S/C9H15N5O4/c1-5(12-7(15)4-11-14-10)8(16)13-6(2)9(17)18-3/h5-6H,4H2,1-3H3,(H,12,15)(H,13,16)/t5-,6-/m1/s1. The van der Waals surface area contributed by atoms with Crippen molar-refractivity contribution >= 4 is 17.8 Å². The van der Waals surface area contributed by atoms with Crippen LogP contribution in [0.4, 0.5) is 0 Å². The summed E-state index contributed by atoms with van der Waals surface area (Å²) in [6.07, 6.45) is 0. The van der Waals surface area contributed by atoms with E-state index in [-0.39, 0.29) is 6.54 Å². The Morgan fingerprint density at radius 3 is 2.39 bits per heavy atom. The summed E-state index contributed by atoms with van der Waals surface area (Å²) in [6, 6.07) is -1.66. The van der Waals surface area contributed by atoms with Gasteiger partial charge in [-0.1, -0.05) is 5.11 Å². The normalized spacial score (nSPS) is 12.6. The number of carbonyl (C=O) groups is 3. The Labute approximate surface area is 103 Å². The highest BCUT2D eigenvalue weighted by Gasteiger charge is 2.20. The molecule has 2 atom stereocenters. The van der Waals surface area contributed by atoms with E-state index in [0.29, 0.717) is 0 Å². The van der Waals surface area contributed by atoms with Gasteiger partial charge in [0.1, 0.15) is 18.6 Å². The third-order valence-electron chi connectivity index (χ3n) is 1.96. The van der Waals surface area contributed by atoms with E-state index in [1.807, 2.05) is 0 Å². The van der Waals surface area contributed by atoms with Crippen molar-refractivity contribution in [3.63, 3.8) is 0 Å². The fourth-order valence-electron chi connectivity index (χ4n) is 1.02. The number of hydrogen-bond acceptors (Lipinski definition) is 5. The Balaban J connectivity index is 4.22. The van der Waals surface area contributed by atoms with Crippen LogP contribution in [0.1, 0.15) is 13.8 Å². The molecular formula is C9H15N5O4. The molecule has 18 heavy (non-hydrogen) atoms. The van der Waals surface area contributed by atoms with E-state index in [2.05, 4.69) is 25.4 Å². The van der Waals surface area contributed by atoms with Gasteiger partial charge in [0, 0.05) is 4.91 Å². The maximum absolute atomic E-state index is 11.5. The molecule has 0 aromatic carbocycles. The second-order valence-electron chi connectivity index (χ2n) is 3.43. The molecule has 0 saturated carbocycles. The monoisotopic (exact) mass is 257 g/mol. The molecule has 0 aliphatic rings. The number of carbonyl (C=O) groups excluding carboxylic acids is 3. The van der Waals surface area contributed by atoms with E-state index >= 15 is 0 Å². The summed E-state index contributed by atoms with van der Waals surface area (Å²) in [4.78, 5) is 36.2. The molecule has 0 aliphatic heterocycles. The van der Waals surface area contributed by atoms with Crippen molar-refractivity contribution < 1.29 is 19.1 Å². The fraction of sp³-hybridized carbons (Fsp3) is 0.667. The van der Waals surface area contributed by atoms with E-state index in [9.17, 15) is 14.4 Å². The first kappa shape index (κ1) is 15.7. The lowest BCUT2D eigenvalue weighted by molar-refractivity contribution is -0.144. The first-order chi connectivity index (χ1) is 8.42. The minimum absolute atomic E-state index is 0.388. The Morgan fingerprint density at radius 2 is 1.89 bits per heavy atom. The van der Waals surface area contributed by atoms with Crippen LogP contribution < -0.4 is 10.6 Å². The van der Waals surface area contributed by atoms with Crippen LogP contribution in [0.15, 0.2) is 5.11 Å². The number of nitrogens with zero attached hydrogens (tertiary/aromatic N) is 3. The molecule has 0 rings (SSSR count). The van der Waals surface area contributed by atoms with Gasteiger partial charge in [-0.3, -0.25) is 9.59 Å². The maximum atomic E-state index is 11.5. The Morgan fingerprint density at radius 1 is 1.28 bits per heavy atom. The SMILES string of the molecule is COC(=O)[C@@H](C)NC(=O)[C@@H](C)NC(=O)CN=[N+]=[N-]. The lowest BCUT2D eigenvalue weighted by Crippen LogP contribution is -2.50. The van der Waals surface area contributed by atoms with Crippen LogP contribution in [0.2, 0.25) is 0 Å². The number of azide groups is 1. The van der Waals surface area contributed by atoms with Crippen LogP contribution in [-0.2, 0) is 19.1 Å². The van der Waals surface area contributed by atoms with Crippen LogP contribution in [0.5, 0.6) is 0 Å². The summed E-state index contributed by atoms with van der Waals surface area (Å²) < 4.78 is 4.43. The second-order valence-corrected chi connectivity index (χ2v) is 3.43. The minimum atomic E-state index is -0.849. The number of amides is 2. The molecule has 0 aliphatic carbocycles. The quantitative estimate of drug-likeness (QED) is 0.286. The van der Waals surface area contributed by atoms with Gasteiger partial charge in [-0.2, -0.15) is 0 Å². The van der Waals surface area contributed by atoms with Crippen LogP contribution >= 0.6 is 0 Å². The number of hydrogen-bond donors (Lipinski definition) is 2. The largest absolute Gasteiger partial charge is 0.467 e. The molecule has 9 nitrogen and oxygen atoms in total. The average Bonchev–Trinajstić information content (AvgIpc) is 2.34. The van der Waals surface area contributed by atoms with E-state index < -0.39 is 29.9 Å². The van der Waals surface area contributed by atoms with E-state index in [1.54, 1.807) is 0 Å². The lowest BCUT2D eigenvalue weighted by atomic mass is 10.2. The number of esters is 1. The van der Waals surface area contributed by atoms with Crippen LogP contribution in [0, 0.1) is 0 Å². The van der Waals surface area contributed by atoms with Gasteiger partial charge in [0.25, 0.3) is 0 Å². The molecule has 0 saturated heterocycles. The molecule has 0 spiro atoms. The molecule has 0 bridgehead atoms. The van der Waals surface area contributed by atoms with Gasteiger partial charge in [0.2, 0.25) is 11.8 Å². The molecule has 9 heteroatoms. The highest BCUT2D eigenvalue weighted by atomic mass is 16.5. The zero-order chi connectivity index (χ0) is 14.1. The van der Waals surface area contributed by atoms with E-state index in [0.717, 1.165) is 0 Å². The Bertz CT molecular complexity index is 377. The van der Waals surface area contributed by atoms with E-state index in [4.69, 9.17) is 5.53 Å². The van der Waals surface area contributed by atoms with Gasteiger partial charge in [-0.15, -0.1) is 0 Å². The highest BCUT2D eigenvalue weighted by Crippen LogP contribution is 1.89.